The van der Waals surface area contributed by atoms with E-state index < -0.39 is 23.5 Å². The zero-order chi connectivity index (χ0) is 26.2. The fourth-order valence-electron chi connectivity index (χ4n) is 4.21. The molecule has 1 N–H and O–H groups in total. The van der Waals surface area contributed by atoms with Crippen LogP contribution in [0.15, 0.2) is 96.3 Å². The predicted molar refractivity (Wildman–Crippen MR) is 140 cm³/mol. The third kappa shape index (κ3) is 5.90. The first kappa shape index (κ1) is 25.7. The molecule has 7 heteroatoms. The summed E-state index contributed by atoms with van der Waals surface area (Å²) in [5.74, 6) is -0.671. The molecule has 4 rings (SSSR count). The maximum absolute atomic E-state index is 13.3. The van der Waals surface area contributed by atoms with Crippen molar-refractivity contribution < 1.29 is 28.9 Å². The molecule has 0 radical (unpaired) electrons. The lowest BCUT2D eigenvalue weighted by atomic mass is 9.95. The van der Waals surface area contributed by atoms with Gasteiger partial charge in [-0.15, -0.1) is 0 Å². The van der Waals surface area contributed by atoms with Crippen LogP contribution in [0.2, 0.25) is 0 Å². The third-order valence-corrected chi connectivity index (χ3v) is 6.07. The number of carbonyl (C=O) groups excluding carboxylic acids is 2. The summed E-state index contributed by atoms with van der Waals surface area (Å²) in [4.78, 5) is 27.7. The lowest BCUT2D eigenvalue weighted by Gasteiger charge is -2.27. The zero-order valence-electron chi connectivity index (χ0n) is 20.8. The molecule has 1 unspecified atom stereocenters. The second-order valence-electron chi connectivity index (χ2n) is 8.45. The number of ether oxygens (including phenoxy) is 3. The molecule has 7 nitrogen and oxygen atoms in total. The zero-order valence-corrected chi connectivity index (χ0v) is 20.8. The van der Waals surface area contributed by atoms with Gasteiger partial charge in [-0.25, -0.2) is 0 Å². The van der Waals surface area contributed by atoms with Crippen molar-refractivity contribution in [3.63, 3.8) is 0 Å². The first-order valence-electron chi connectivity index (χ1n) is 11.9. The van der Waals surface area contributed by atoms with Gasteiger partial charge in [-0.1, -0.05) is 72.8 Å². The van der Waals surface area contributed by atoms with Crippen LogP contribution >= 0.6 is 0 Å². The molecule has 1 amide bonds. The molecule has 0 aromatic heterocycles. The summed E-state index contributed by atoms with van der Waals surface area (Å²) >= 11 is 0. The molecule has 3 aromatic carbocycles. The highest BCUT2D eigenvalue weighted by Gasteiger charge is 2.43. The van der Waals surface area contributed by atoms with Crippen LogP contribution in [0.5, 0.6) is 11.5 Å². The van der Waals surface area contributed by atoms with Crippen LogP contribution in [-0.2, 0) is 20.9 Å². The SMILES string of the molecule is COCCN1C(=O)C(O)=C(C(=O)C=Cc2ccccc2)C1c1ccc(OCc2ccccc2)c(OC)c1. The number of ketones is 1. The summed E-state index contributed by atoms with van der Waals surface area (Å²) in [6.07, 6.45) is 3.03. The molecule has 1 aliphatic heterocycles. The molecule has 0 aliphatic carbocycles. The Morgan fingerprint density at radius 2 is 1.68 bits per heavy atom. The van der Waals surface area contributed by atoms with Crippen LogP contribution < -0.4 is 9.47 Å². The Hall–Kier alpha value is -4.36. The molecule has 0 bridgehead atoms. The number of hydrogen-bond donors (Lipinski definition) is 1. The van der Waals surface area contributed by atoms with E-state index >= 15 is 0 Å². The molecule has 0 saturated carbocycles. The van der Waals surface area contributed by atoms with Gasteiger partial charge in [0.1, 0.15) is 6.61 Å². The van der Waals surface area contributed by atoms with Crippen LogP contribution in [-0.4, -0.2) is 49.1 Å². The second kappa shape index (κ2) is 12.1. The van der Waals surface area contributed by atoms with E-state index in [0.717, 1.165) is 11.1 Å². The second-order valence-corrected chi connectivity index (χ2v) is 8.45. The number of methoxy groups -OCH3 is 2. The maximum atomic E-state index is 13.3. The van der Waals surface area contributed by atoms with E-state index in [1.165, 1.54) is 25.2 Å². The Labute approximate surface area is 216 Å². The van der Waals surface area contributed by atoms with Crippen molar-refractivity contribution in [2.24, 2.45) is 0 Å². The smallest absolute Gasteiger partial charge is 0.290 e. The minimum atomic E-state index is -0.812. The van der Waals surface area contributed by atoms with Gasteiger partial charge in [0.2, 0.25) is 0 Å². The van der Waals surface area contributed by atoms with Gasteiger partial charge < -0.3 is 24.2 Å². The van der Waals surface area contributed by atoms with Gasteiger partial charge in [0.15, 0.2) is 23.0 Å². The molecule has 1 aliphatic rings. The fraction of sp³-hybridized carbons (Fsp3) is 0.200. The highest BCUT2D eigenvalue weighted by molar-refractivity contribution is 6.14. The molecule has 0 fully saturated rings. The number of carbonyl (C=O) groups is 2. The lowest BCUT2D eigenvalue weighted by molar-refractivity contribution is -0.130. The van der Waals surface area contributed by atoms with Crippen molar-refractivity contribution in [1.82, 2.24) is 4.90 Å². The molecule has 1 heterocycles. The minimum Gasteiger partial charge on any atom is -0.503 e. The van der Waals surface area contributed by atoms with Gasteiger partial charge in [-0.05, 0) is 34.9 Å². The van der Waals surface area contributed by atoms with E-state index in [0.29, 0.717) is 23.7 Å². The molecule has 3 aromatic rings. The summed E-state index contributed by atoms with van der Waals surface area (Å²) in [6, 6.07) is 23.5. The summed E-state index contributed by atoms with van der Waals surface area (Å²) in [5.41, 5.74) is 2.45. The fourth-order valence-corrected chi connectivity index (χ4v) is 4.21. The maximum Gasteiger partial charge on any atom is 0.290 e. The molecule has 0 spiro atoms. The van der Waals surface area contributed by atoms with Crippen LogP contribution in [0.4, 0.5) is 0 Å². The average Bonchev–Trinajstić information content (AvgIpc) is 3.19. The lowest BCUT2D eigenvalue weighted by Crippen LogP contribution is -2.33. The number of allylic oxidation sites excluding steroid dienone is 1. The van der Waals surface area contributed by atoms with Gasteiger partial charge in [0.05, 0.1) is 25.3 Å². The molecular weight excluding hydrogens is 470 g/mol. The van der Waals surface area contributed by atoms with Gasteiger partial charge in [0.25, 0.3) is 5.91 Å². The molecule has 1 atom stereocenters. The van der Waals surface area contributed by atoms with Crippen LogP contribution in [0.1, 0.15) is 22.7 Å². The van der Waals surface area contributed by atoms with Crippen molar-refractivity contribution >= 4 is 17.8 Å². The molecule has 0 saturated heterocycles. The number of benzene rings is 3. The third-order valence-electron chi connectivity index (χ3n) is 6.07. The van der Waals surface area contributed by atoms with E-state index in [1.807, 2.05) is 60.7 Å². The van der Waals surface area contributed by atoms with Crippen LogP contribution in [0.3, 0.4) is 0 Å². The number of aliphatic hydroxyl groups is 1. The Bertz CT molecular complexity index is 1300. The number of aliphatic hydroxyl groups excluding tert-OH is 1. The molecular formula is C30H29NO6. The van der Waals surface area contributed by atoms with E-state index in [1.54, 1.807) is 24.3 Å². The van der Waals surface area contributed by atoms with Crippen molar-refractivity contribution in [3.05, 3.63) is 113 Å². The van der Waals surface area contributed by atoms with Gasteiger partial charge in [0, 0.05) is 13.7 Å². The van der Waals surface area contributed by atoms with E-state index in [4.69, 9.17) is 14.2 Å². The number of nitrogens with zero attached hydrogens (tertiary/aromatic N) is 1. The Morgan fingerprint density at radius 3 is 2.35 bits per heavy atom. The largest absolute Gasteiger partial charge is 0.503 e. The highest BCUT2D eigenvalue weighted by Crippen LogP contribution is 2.41. The van der Waals surface area contributed by atoms with Crippen molar-refractivity contribution in [2.45, 2.75) is 12.6 Å². The summed E-state index contributed by atoms with van der Waals surface area (Å²) < 4.78 is 16.7. The van der Waals surface area contributed by atoms with E-state index in [-0.39, 0.29) is 18.7 Å². The van der Waals surface area contributed by atoms with E-state index in [2.05, 4.69) is 0 Å². The summed E-state index contributed by atoms with van der Waals surface area (Å²) in [5, 5.41) is 10.8. The van der Waals surface area contributed by atoms with Gasteiger partial charge in [-0.3, -0.25) is 9.59 Å². The standard InChI is InChI=1S/C30H29NO6/c1-35-18-17-31-28(27(29(33)30(31)34)24(32)15-13-21-9-5-3-6-10-21)23-14-16-25(26(19-23)36-2)37-20-22-11-7-4-8-12-22/h3-16,19,28,33H,17-18,20H2,1-2H3. The first-order valence-corrected chi connectivity index (χ1v) is 11.9. The van der Waals surface area contributed by atoms with Gasteiger partial charge in [-0.2, -0.15) is 0 Å². The van der Waals surface area contributed by atoms with E-state index in [9.17, 15) is 14.7 Å². The number of rotatable bonds is 11. The average molecular weight is 500 g/mol. The molecule has 37 heavy (non-hydrogen) atoms. The van der Waals surface area contributed by atoms with Crippen molar-refractivity contribution in [2.75, 3.05) is 27.4 Å². The first-order chi connectivity index (χ1) is 18.0. The van der Waals surface area contributed by atoms with Crippen molar-refractivity contribution in [3.8, 4) is 11.5 Å². The molecule has 190 valence electrons. The normalized spacial score (nSPS) is 15.5. The Kier molecular flexibility index (Phi) is 8.38. The van der Waals surface area contributed by atoms with Crippen LogP contribution in [0, 0.1) is 0 Å². The minimum absolute atomic E-state index is 0.00768. The highest BCUT2D eigenvalue weighted by atomic mass is 16.5. The Morgan fingerprint density at radius 1 is 0.973 bits per heavy atom. The number of amides is 1. The Balaban J connectivity index is 1.66. The summed E-state index contributed by atoms with van der Waals surface area (Å²) in [7, 11) is 3.05. The predicted octanol–water partition coefficient (Wildman–Crippen LogP) is 4.90. The van der Waals surface area contributed by atoms with Gasteiger partial charge >= 0.3 is 0 Å². The summed E-state index contributed by atoms with van der Waals surface area (Å²) in [6.45, 7) is 0.789. The monoisotopic (exact) mass is 499 g/mol. The van der Waals surface area contributed by atoms with Crippen LogP contribution in [0.25, 0.3) is 6.08 Å². The number of hydrogen-bond acceptors (Lipinski definition) is 6. The topological polar surface area (TPSA) is 85.3 Å². The quantitative estimate of drug-likeness (QED) is 0.378. The van der Waals surface area contributed by atoms with Crippen molar-refractivity contribution in [1.29, 1.82) is 0 Å².